The van der Waals surface area contributed by atoms with Gasteiger partial charge in [0.1, 0.15) is 0 Å². The van der Waals surface area contributed by atoms with Gasteiger partial charge in [0.05, 0.1) is 5.38 Å². The van der Waals surface area contributed by atoms with Crippen molar-refractivity contribution in [2.75, 3.05) is 0 Å². The molecule has 16 heavy (non-hydrogen) atoms. The molecule has 0 aliphatic heterocycles. The van der Waals surface area contributed by atoms with E-state index in [1.807, 2.05) is 67.6 Å². The van der Waals surface area contributed by atoms with Gasteiger partial charge in [-0.25, -0.2) is 0 Å². The van der Waals surface area contributed by atoms with Gasteiger partial charge in [0, 0.05) is 5.02 Å². The zero-order valence-corrected chi connectivity index (χ0v) is 10.6. The molecular formula is C14H14Cl2. The van der Waals surface area contributed by atoms with Gasteiger partial charge in [-0.2, -0.15) is 0 Å². The van der Waals surface area contributed by atoms with E-state index in [4.69, 9.17) is 23.2 Å². The van der Waals surface area contributed by atoms with Gasteiger partial charge < -0.3 is 0 Å². The first kappa shape index (κ1) is 13.1. The van der Waals surface area contributed by atoms with Gasteiger partial charge in [-0.15, -0.1) is 11.6 Å². The highest BCUT2D eigenvalue weighted by Crippen LogP contribution is 2.17. The van der Waals surface area contributed by atoms with Crippen molar-refractivity contribution in [3.63, 3.8) is 0 Å². The van der Waals surface area contributed by atoms with E-state index >= 15 is 0 Å². The zero-order chi connectivity index (χ0) is 11.8. The Morgan fingerprint density at radius 2 is 1.25 bits per heavy atom. The second-order valence-electron chi connectivity index (χ2n) is 3.32. The van der Waals surface area contributed by atoms with Crippen molar-refractivity contribution in [1.82, 2.24) is 0 Å². The summed E-state index contributed by atoms with van der Waals surface area (Å²) in [5.41, 5.74) is 1.18. The summed E-state index contributed by atoms with van der Waals surface area (Å²) in [5, 5.41) is 0.925. The Morgan fingerprint density at radius 1 is 0.812 bits per heavy atom. The first-order valence-corrected chi connectivity index (χ1v) is 5.91. The van der Waals surface area contributed by atoms with Gasteiger partial charge in [0.2, 0.25) is 0 Å². The van der Waals surface area contributed by atoms with Gasteiger partial charge in [-0.05, 0) is 24.6 Å². The molecule has 0 saturated carbocycles. The Balaban J connectivity index is 0.000000165. The molecule has 0 aliphatic carbocycles. The molecule has 2 rings (SSSR count). The molecule has 0 N–H and O–H groups in total. The van der Waals surface area contributed by atoms with Crippen LogP contribution in [0.2, 0.25) is 5.02 Å². The van der Waals surface area contributed by atoms with Crippen molar-refractivity contribution in [3.8, 4) is 0 Å². The molecule has 2 aromatic carbocycles. The predicted molar refractivity (Wildman–Crippen MR) is 72.2 cm³/mol. The third kappa shape index (κ3) is 5.20. The standard InChI is InChI=1S/C8H9Cl.C6H5Cl/c1-7(9)8-5-3-2-4-6-8;7-6-4-2-1-3-5-6/h2-7H,1H3;1-5H. The zero-order valence-electron chi connectivity index (χ0n) is 9.11. The summed E-state index contributed by atoms with van der Waals surface area (Å²) >= 11 is 11.3. The highest BCUT2D eigenvalue weighted by Gasteiger charge is 1.95. The van der Waals surface area contributed by atoms with Crippen LogP contribution in [0.4, 0.5) is 0 Å². The Hall–Kier alpha value is -0.980. The Kier molecular flexibility index (Phi) is 5.99. The molecule has 1 atom stereocenters. The van der Waals surface area contributed by atoms with E-state index in [1.165, 1.54) is 5.56 Å². The van der Waals surface area contributed by atoms with Crippen molar-refractivity contribution in [2.45, 2.75) is 12.3 Å². The van der Waals surface area contributed by atoms with Crippen LogP contribution in [0.15, 0.2) is 60.7 Å². The maximum Gasteiger partial charge on any atom is 0.0557 e. The molecule has 0 nitrogen and oxygen atoms in total. The molecule has 0 bridgehead atoms. The van der Waals surface area contributed by atoms with Crippen LogP contribution in [0.5, 0.6) is 0 Å². The van der Waals surface area contributed by atoms with E-state index in [2.05, 4.69) is 0 Å². The molecule has 84 valence electrons. The van der Waals surface area contributed by atoms with Crippen molar-refractivity contribution in [3.05, 3.63) is 71.2 Å². The van der Waals surface area contributed by atoms with Crippen LogP contribution < -0.4 is 0 Å². The van der Waals surface area contributed by atoms with Crippen LogP contribution in [0.3, 0.4) is 0 Å². The second kappa shape index (κ2) is 7.32. The van der Waals surface area contributed by atoms with E-state index in [0.29, 0.717) is 0 Å². The van der Waals surface area contributed by atoms with Crippen molar-refractivity contribution >= 4 is 23.2 Å². The Labute approximate surface area is 107 Å². The van der Waals surface area contributed by atoms with E-state index in [0.717, 1.165) is 5.02 Å². The molecule has 0 amide bonds. The SMILES string of the molecule is CC(Cl)c1ccccc1.Clc1ccccc1. The molecule has 0 aromatic heterocycles. The average molecular weight is 253 g/mol. The summed E-state index contributed by atoms with van der Waals surface area (Å²) in [4.78, 5) is 0. The van der Waals surface area contributed by atoms with Crippen molar-refractivity contribution < 1.29 is 0 Å². The van der Waals surface area contributed by atoms with Crippen LogP contribution in [0, 0.1) is 0 Å². The summed E-state index contributed by atoms with van der Waals surface area (Å²) < 4.78 is 0. The molecule has 1 unspecified atom stereocenters. The minimum absolute atomic E-state index is 0.131. The van der Waals surface area contributed by atoms with E-state index < -0.39 is 0 Å². The van der Waals surface area contributed by atoms with Crippen LogP contribution >= 0.6 is 23.2 Å². The lowest BCUT2D eigenvalue weighted by molar-refractivity contribution is 1.08. The third-order valence-corrected chi connectivity index (χ3v) is 2.50. The number of rotatable bonds is 1. The topological polar surface area (TPSA) is 0 Å². The number of halogens is 2. The normalized spacial score (nSPS) is 11.2. The van der Waals surface area contributed by atoms with Crippen LogP contribution in [0.25, 0.3) is 0 Å². The summed E-state index contributed by atoms with van der Waals surface area (Å²) in [6.45, 7) is 1.97. The monoisotopic (exact) mass is 252 g/mol. The maximum atomic E-state index is 5.80. The van der Waals surface area contributed by atoms with Gasteiger partial charge in [-0.1, -0.05) is 60.1 Å². The molecule has 0 saturated heterocycles. The first-order chi connectivity index (χ1) is 7.70. The van der Waals surface area contributed by atoms with Crippen LogP contribution in [-0.2, 0) is 0 Å². The van der Waals surface area contributed by atoms with Crippen molar-refractivity contribution in [1.29, 1.82) is 0 Å². The molecule has 2 heteroatoms. The average Bonchev–Trinajstić information content (AvgIpc) is 2.32. The summed E-state index contributed by atoms with van der Waals surface area (Å²) in [7, 11) is 0. The van der Waals surface area contributed by atoms with E-state index in [9.17, 15) is 0 Å². The Morgan fingerprint density at radius 3 is 1.50 bits per heavy atom. The molecule has 0 fully saturated rings. The van der Waals surface area contributed by atoms with Crippen molar-refractivity contribution in [2.24, 2.45) is 0 Å². The van der Waals surface area contributed by atoms with Gasteiger partial charge in [0.15, 0.2) is 0 Å². The highest BCUT2D eigenvalue weighted by molar-refractivity contribution is 6.30. The summed E-state index contributed by atoms with van der Waals surface area (Å²) in [6, 6.07) is 19.5. The minimum atomic E-state index is 0.131. The number of alkyl halides is 1. The fourth-order valence-electron chi connectivity index (χ4n) is 1.13. The fourth-order valence-corrected chi connectivity index (χ4v) is 1.42. The quantitative estimate of drug-likeness (QED) is 0.603. The van der Waals surface area contributed by atoms with E-state index in [1.54, 1.807) is 0 Å². The maximum absolute atomic E-state index is 5.80. The minimum Gasteiger partial charge on any atom is -0.118 e. The molecule has 0 spiro atoms. The third-order valence-electron chi connectivity index (χ3n) is 1.99. The lowest BCUT2D eigenvalue weighted by Gasteiger charge is -1.99. The van der Waals surface area contributed by atoms with Gasteiger partial charge >= 0.3 is 0 Å². The lowest BCUT2D eigenvalue weighted by atomic mass is 10.2. The second-order valence-corrected chi connectivity index (χ2v) is 4.41. The highest BCUT2D eigenvalue weighted by atomic mass is 35.5. The number of hydrogen-bond acceptors (Lipinski definition) is 0. The number of benzene rings is 2. The predicted octanol–water partition coefficient (Wildman–Crippen LogP) is 5.33. The fraction of sp³-hybridized carbons (Fsp3) is 0.143. The molecule has 0 aliphatic rings. The lowest BCUT2D eigenvalue weighted by Crippen LogP contribution is -1.80. The van der Waals surface area contributed by atoms with Crippen LogP contribution in [0.1, 0.15) is 17.9 Å². The summed E-state index contributed by atoms with van der Waals surface area (Å²) in [5.74, 6) is 0. The first-order valence-electron chi connectivity index (χ1n) is 5.09. The Bertz CT molecular complexity index is 382. The summed E-state index contributed by atoms with van der Waals surface area (Å²) in [6.07, 6.45) is 0. The largest absolute Gasteiger partial charge is 0.118 e. The number of hydrogen-bond donors (Lipinski definition) is 0. The van der Waals surface area contributed by atoms with Gasteiger partial charge in [-0.3, -0.25) is 0 Å². The smallest absolute Gasteiger partial charge is 0.0557 e. The molecule has 0 radical (unpaired) electrons. The van der Waals surface area contributed by atoms with Crippen LogP contribution in [-0.4, -0.2) is 0 Å². The van der Waals surface area contributed by atoms with E-state index in [-0.39, 0.29) is 5.38 Å². The molecule has 0 heterocycles. The van der Waals surface area contributed by atoms with Gasteiger partial charge in [0.25, 0.3) is 0 Å². The molecular weight excluding hydrogens is 239 g/mol. The molecule has 2 aromatic rings.